The van der Waals surface area contributed by atoms with Crippen LogP contribution in [0.15, 0.2) is 36.5 Å². The minimum atomic E-state index is 0.605. The minimum absolute atomic E-state index is 0.605. The molecule has 1 atom stereocenters. The van der Waals surface area contributed by atoms with Gasteiger partial charge in [0.05, 0.1) is 5.52 Å². The van der Waals surface area contributed by atoms with Crippen molar-refractivity contribution in [3.05, 3.63) is 36.5 Å². The van der Waals surface area contributed by atoms with Gasteiger partial charge >= 0.3 is 0 Å². The van der Waals surface area contributed by atoms with E-state index in [2.05, 4.69) is 53.3 Å². The molecule has 2 aromatic rings. The Hall–Kier alpha value is -1.61. The zero-order chi connectivity index (χ0) is 13.9. The Morgan fingerprint density at radius 1 is 1.35 bits per heavy atom. The molecule has 1 fully saturated rings. The monoisotopic (exact) mass is 269 g/mol. The zero-order valence-electron chi connectivity index (χ0n) is 12.3. The lowest BCUT2D eigenvalue weighted by Gasteiger charge is -2.36. The SMILES string of the molecule is CC(C)CC1CN(c2ccc3ncccc3c2)CCN1. The number of nitrogens with one attached hydrogen (secondary N) is 1. The van der Waals surface area contributed by atoms with Gasteiger partial charge in [0.2, 0.25) is 0 Å². The van der Waals surface area contributed by atoms with Gasteiger partial charge in [-0.1, -0.05) is 19.9 Å². The number of rotatable bonds is 3. The van der Waals surface area contributed by atoms with Crippen LogP contribution < -0.4 is 10.2 Å². The summed E-state index contributed by atoms with van der Waals surface area (Å²) in [6.45, 7) is 7.84. The lowest BCUT2D eigenvalue weighted by atomic mass is 10.0. The third kappa shape index (κ3) is 2.93. The van der Waals surface area contributed by atoms with Crippen molar-refractivity contribution in [1.29, 1.82) is 0 Å². The highest BCUT2D eigenvalue weighted by atomic mass is 15.2. The van der Waals surface area contributed by atoms with Crippen molar-refractivity contribution in [2.24, 2.45) is 5.92 Å². The van der Waals surface area contributed by atoms with Crippen LogP contribution in [0.25, 0.3) is 10.9 Å². The molecule has 3 rings (SSSR count). The van der Waals surface area contributed by atoms with Crippen LogP contribution in [0.5, 0.6) is 0 Å². The van der Waals surface area contributed by atoms with Gasteiger partial charge < -0.3 is 10.2 Å². The molecule has 1 N–H and O–H groups in total. The fraction of sp³-hybridized carbons (Fsp3) is 0.471. The Morgan fingerprint density at radius 2 is 2.25 bits per heavy atom. The highest BCUT2D eigenvalue weighted by molar-refractivity contribution is 5.82. The molecule has 0 amide bonds. The molecule has 0 radical (unpaired) electrons. The molecule has 1 aromatic carbocycles. The first-order chi connectivity index (χ1) is 9.72. The largest absolute Gasteiger partial charge is 0.369 e. The maximum atomic E-state index is 4.39. The first kappa shape index (κ1) is 13.4. The van der Waals surface area contributed by atoms with Gasteiger partial charge in [-0.05, 0) is 36.6 Å². The molecular weight excluding hydrogens is 246 g/mol. The van der Waals surface area contributed by atoms with Crippen molar-refractivity contribution in [1.82, 2.24) is 10.3 Å². The molecule has 1 aliphatic rings. The quantitative estimate of drug-likeness (QED) is 0.928. The molecule has 3 heteroatoms. The Morgan fingerprint density at radius 3 is 3.10 bits per heavy atom. The predicted molar refractivity (Wildman–Crippen MR) is 85.2 cm³/mol. The van der Waals surface area contributed by atoms with Crippen LogP contribution in [-0.4, -0.2) is 30.7 Å². The topological polar surface area (TPSA) is 28.2 Å². The molecule has 1 unspecified atom stereocenters. The molecule has 20 heavy (non-hydrogen) atoms. The number of fused-ring (bicyclic) bond motifs is 1. The van der Waals surface area contributed by atoms with Gasteiger partial charge in [-0.2, -0.15) is 0 Å². The van der Waals surface area contributed by atoms with Crippen LogP contribution in [0.1, 0.15) is 20.3 Å². The summed E-state index contributed by atoms with van der Waals surface area (Å²) < 4.78 is 0. The average molecular weight is 269 g/mol. The fourth-order valence-electron chi connectivity index (χ4n) is 3.05. The van der Waals surface area contributed by atoms with Crippen LogP contribution in [0.4, 0.5) is 5.69 Å². The first-order valence-electron chi connectivity index (χ1n) is 7.55. The second kappa shape index (κ2) is 5.80. The summed E-state index contributed by atoms with van der Waals surface area (Å²) in [5.41, 5.74) is 2.39. The molecule has 106 valence electrons. The van der Waals surface area contributed by atoms with E-state index in [0.29, 0.717) is 6.04 Å². The highest BCUT2D eigenvalue weighted by Crippen LogP contribution is 2.22. The minimum Gasteiger partial charge on any atom is -0.369 e. The predicted octanol–water partition coefficient (Wildman–Crippen LogP) is 3.06. The molecule has 1 aromatic heterocycles. The number of aromatic nitrogens is 1. The van der Waals surface area contributed by atoms with Crippen molar-refractivity contribution in [3.63, 3.8) is 0 Å². The Labute approximate surface area is 121 Å². The maximum Gasteiger partial charge on any atom is 0.0703 e. The number of nitrogens with zero attached hydrogens (tertiary/aromatic N) is 2. The third-order valence-corrected chi connectivity index (χ3v) is 3.96. The lowest BCUT2D eigenvalue weighted by Crippen LogP contribution is -2.51. The molecular formula is C17H23N3. The number of pyridine rings is 1. The van der Waals surface area contributed by atoms with Gasteiger partial charge in [0.15, 0.2) is 0 Å². The molecule has 3 nitrogen and oxygen atoms in total. The molecule has 1 saturated heterocycles. The van der Waals surface area contributed by atoms with Gasteiger partial charge in [0, 0.05) is 42.9 Å². The van der Waals surface area contributed by atoms with Crippen molar-refractivity contribution in [2.45, 2.75) is 26.3 Å². The summed E-state index contributed by atoms with van der Waals surface area (Å²) in [6, 6.07) is 11.3. The van der Waals surface area contributed by atoms with Crippen LogP contribution >= 0.6 is 0 Å². The molecule has 2 heterocycles. The van der Waals surface area contributed by atoms with Crippen LogP contribution in [0.2, 0.25) is 0 Å². The van der Waals surface area contributed by atoms with E-state index in [9.17, 15) is 0 Å². The summed E-state index contributed by atoms with van der Waals surface area (Å²) in [5, 5.41) is 4.86. The van der Waals surface area contributed by atoms with Crippen molar-refractivity contribution >= 4 is 16.6 Å². The van der Waals surface area contributed by atoms with Crippen molar-refractivity contribution < 1.29 is 0 Å². The van der Waals surface area contributed by atoms with E-state index in [1.54, 1.807) is 0 Å². The van der Waals surface area contributed by atoms with Gasteiger partial charge in [-0.15, -0.1) is 0 Å². The van der Waals surface area contributed by atoms with Gasteiger partial charge in [0.1, 0.15) is 0 Å². The smallest absolute Gasteiger partial charge is 0.0703 e. The van der Waals surface area contributed by atoms with E-state index in [0.717, 1.165) is 31.1 Å². The molecule has 0 saturated carbocycles. The van der Waals surface area contributed by atoms with Crippen LogP contribution in [0, 0.1) is 5.92 Å². The first-order valence-corrected chi connectivity index (χ1v) is 7.55. The highest BCUT2D eigenvalue weighted by Gasteiger charge is 2.20. The summed E-state index contributed by atoms with van der Waals surface area (Å²) in [5.74, 6) is 0.744. The fourth-order valence-corrected chi connectivity index (χ4v) is 3.05. The van der Waals surface area contributed by atoms with E-state index in [4.69, 9.17) is 0 Å². The molecule has 0 aliphatic carbocycles. The average Bonchev–Trinajstić information content (AvgIpc) is 2.46. The van der Waals surface area contributed by atoms with E-state index in [-0.39, 0.29) is 0 Å². The summed E-state index contributed by atoms with van der Waals surface area (Å²) in [7, 11) is 0. The number of hydrogen-bond donors (Lipinski definition) is 1. The van der Waals surface area contributed by atoms with Crippen LogP contribution in [0.3, 0.4) is 0 Å². The number of piperazine rings is 1. The maximum absolute atomic E-state index is 4.39. The Bertz CT molecular complexity index is 579. The second-order valence-electron chi connectivity index (χ2n) is 6.11. The van der Waals surface area contributed by atoms with Gasteiger partial charge in [0.25, 0.3) is 0 Å². The van der Waals surface area contributed by atoms with Crippen LogP contribution in [-0.2, 0) is 0 Å². The Balaban J connectivity index is 1.79. The molecule has 0 spiro atoms. The van der Waals surface area contributed by atoms with E-state index in [1.807, 2.05) is 12.3 Å². The van der Waals surface area contributed by atoms with E-state index >= 15 is 0 Å². The van der Waals surface area contributed by atoms with E-state index in [1.165, 1.54) is 17.5 Å². The summed E-state index contributed by atoms with van der Waals surface area (Å²) >= 11 is 0. The lowest BCUT2D eigenvalue weighted by molar-refractivity contribution is 0.388. The third-order valence-electron chi connectivity index (χ3n) is 3.96. The van der Waals surface area contributed by atoms with Gasteiger partial charge in [-0.25, -0.2) is 0 Å². The summed E-state index contributed by atoms with van der Waals surface area (Å²) in [4.78, 5) is 6.89. The number of anilines is 1. The normalized spacial score (nSPS) is 19.8. The standard InChI is InChI=1S/C17H23N3/c1-13(2)10-15-12-20(9-8-18-15)16-5-6-17-14(11-16)4-3-7-19-17/h3-7,11,13,15,18H,8-10,12H2,1-2H3. The molecule has 1 aliphatic heterocycles. The molecule has 0 bridgehead atoms. The van der Waals surface area contributed by atoms with Crippen molar-refractivity contribution in [3.8, 4) is 0 Å². The number of benzene rings is 1. The van der Waals surface area contributed by atoms with E-state index < -0.39 is 0 Å². The summed E-state index contributed by atoms with van der Waals surface area (Å²) in [6.07, 6.45) is 3.09. The zero-order valence-corrected chi connectivity index (χ0v) is 12.3. The Kier molecular flexibility index (Phi) is 3.88. The van der Waals surface area contributed by atoms with Gasteiger partial charge in [-0.3, -0.25) is 4.98 Å². The second-order valence-corrected chi connectivity index (χ2v) is 6.11. The van der Waals surface area contributed by atoms with Crippen molar-refractivity contribution in [2.75, 3.05) is 24.5 Å². The number of hydrogen-bond acceptors (Lipinski definition) is 3.